The molecule has 0 unspecified atom stereocenters. The molecule has 2 heterocycles. The average molecular weight is 497 g/mol. The number of benzene rings is 2. The number of rotatable bonds is 5. The van der Waals surface area contributed by atoms with Crippen LogP contribution in [-0.4, -0.2) is 30.5 Å². The first-order valence-corrected chi connectivity index (χ1v) is 10.8. The van der Waals surface area contributed by atoms with Crippen molar-refractivity contribution in [3.63, 3.8) is 0 Å². The number of anilines is 1. The lowest BCUT2D eigenvalue weighted by atomic mass is 10.1. The molecule has 0 aliphatic carbocycles. The maximum absolute atomic E-state index is 13.0. The van der Waals surface area contributed by atoms with Crippen LogP contribution in [0.25, 0.3) is 22.5 Å². The quantitative estimate of drug-likeness (QED) is 0.379. The Labute approximate surface area is 193 Å². The zero-order valence-corrected chi connectivity index (χ0v) is 19.7. The van der Waals surface area contributed by atoms with Crippen LogP contribution < -0.4 is 5.32 Å². The summed E-state index contributed by atoms with van der Waals surface area (Å²) in [5.41, 5.74) is 4.70. The van der Waals surface area contributed by atoms with E-state index in [1.165, 1.54) is 0 Å². The Hall–Kier alpha value is -3.04. The standard InChI is InChI=1S/C22H21BrN6OS/c1-13-5-4-6-16(11-13)20-25-26-22(31)29(20)12-18(30)24-21-19(14(2)27-28(21)3)15-7-9-17(23)10-8-15/h4-11H,12H2,1-3H3,(H,24,30)(H,26,31). The molecule has 0 radical (unpaired) electrons. The van der Waals surface area contributed by atoms with Gasteiger partial charge in [-0.2, -0.15) is 10.2 Å². The number of amides is 1. The van der Waals surface area contributed by atoms with E-state index in [0.717, 1.165) is 32.4 Å². The molecule has 2 N–H and O–H groups in total. The Morgan fingerprint density at radius 2 is 1.90 bits per heavy atom. The minimum Gasteiger partial charge on any atom is -0.309 e. The van der Waals surface area contributed by atoms with E-state index in [4.69, 9.17) is 12.2 Å². The normalized spacial score (nSPS) is 11.0. The molecule has 0 saturated heterocycles. The number of carbonyl (C=O) groups is 1. The third kappa shape index (κ3) is 4.38. The number of hydrogen-bond donors (Lipinski definition) is 2. The van der Waals surface area contributed by atoms with E-state index in [2.05, 4.69) is 36.5 Å². The maximum atomic E-state index is 13.0. The Morgan fingerprint density at radius 1 is 1.16 bits per heavy atom. The highest BCUT2D eigenvalue weighted by Gasteiger charge is 2.19. The van der Waals surface area contributed by atoms with Crippen LogP contribution >= 0.6 is 28.1 Å². The van der Waals surface area contributed by atoms with Crippen molar-refractivity contribution in [3.8, 4) is 22.5 Å². The topological polar surface area (TPSA) is 80.5 Å². The van der Waals surface area contributed by atoms with E-state index in [-0.39, 0.29) is 12.5 Å². The second-order valence-corrected chi connectivity index (χ2v) is 8.60. The van der Waals surface area contributed by atoms with Gasteiger partial charge in [0.25, 0.3) is 0 Å². The monoisotopic (exact) mass is 496 g/mol. The van der Waals surface area contributed by atoms with Gasteiger partial charge in [0, 0.05) is 22.6 Å². The molecule has 1 amide bonds. The van der Waals surface area contributed by atoms with Gasteiger partial charge < -0.3 is 5.32 Å². The summed E-state index contributed by atoms with van der Waals surface area (Å²) < 4.78 is 4.75. The molecule has 0 fully saturated rings. The largest absolute Gasteiger partial charge is 0.309 e. The predicted molar refractivity (Wildman–Crippen MR) is 127 cm³/mol. The van der Waals surface area contributed by atoms with Crippen LogP contribution in [0.15, 0.2) is 53.0 Å². The summed E-state index contributed by atoms with van der Waals surface area (Å²) >= 11 is 8.83. The van der Waals surface area contributed by atoms with E-state index in [1.807, 2.05) is 69.4 Å². The average Bonchev–Trinajstić information content (AvgIpc) is 3.22. The first-order chi connectivity index (χ1) is 14.8. The van der Waals surface area contributed by atoms with Crippen LogP contribution in [-0.2, 0) is 18.4 Å². The zero-order valence-electron chi connectivity index (χ0n) is 17.3. The third-order valence-corrected chi connectivity index (χ3v) is 5.79. The van der Waals surface area contributed by atoms with Gasteiger partial charge in [-0.05, 0) is 49.8 Å². The van der Waals surface area contributed by atoms with Crippen LogP contribution in [0.2, 0.25) is 0 Å². The molecule has 0 bridgehead atoms. The summed E-state index contributed by atoms with van der Waals surface area (Å²) in [6, 6.07) is 15.8. The minimum absolute atomic E-state index is 0.0304. The number of carbonyl (C=O) groups excluding carboxylic acids is 1. The summed E-state index contributed by atoms with van der Waals surface area (Å²) in [6.07, 6.45) is 0. The van der Waals surface area contributed by atoms with Gasteiger partial charge in [0.1, 0.15) is 12.4 Å². The zero-order chi connectivity index (χ0) is 22.1. The van der Waals surface area contributed by atoms with Gasteiger partial charge in [0.05, 0.1) is 5.69 Å². The van der Waals surface area contributed by atoms with Crippen molar-refractivity contribution in [1.82, 2.24) is 24.5 Å². The summed E-state index contributed by atoms with van der Waals surface area (Å²) in [7, 11) is 1.81. The number of nitrogens with zero attached hydrogens (tertiary/aromatic N) is 4. The molecule has 0 atom stereocenters. The van der Waals surface area contributed by atoms with Crippen LogP contribution in [0.4, 0.5) is 5.82 Å². The Morgan fingerprint density at radius 3 is 2.61 bits per heavy atom. The number of H-pyrrole nitrogens is 1. The highest BCUT2D eigenvalue weighted by atomic mass is 79.9. The number of nitrogens with one attached hydrogen (secondary N) is 2. The van der Waals surface area contributed by atoms with Gasteiger partial charge in [-0.25, -0.2) is 0 Å². The van der Waals surface area contributed by atoms with Crippen LogP contribution in [0.5, 0.6) is 0 Å². The van der Waals surface area contributed by atoms with Crippen molar-refractivity contribution in [2.24, 2.45) is 7.05 Å². The molecule has 2 aromatic carbocycles. The Kier molecular flexibility index (Phi) is 5.88. The van der Waals surface area contributed by atoms with Crippen molar-refractivity contribution < 1.29 is 4.79 Å². The van der Waals surface area contributed by atoms with E-state index in [1.54, 1.807) is 9.25 Å². The maximum Gasteiger partial charge on any atom is 0.245 e. The number of hydrogen-bond acceptors (Lipinski definition) is 4. The first kappa shape index (κ1) is 21.2. The molecule has 2 aromatic heterocycles. The van der Waals surface area contributed by atoms with Crippen molar-refractivity contribution in [3.05, 3.63) is 69.0 Å². The highest BCUT2D eigenvalue weighted by Crippen LogP contribution is 2.32. The van der Waals surface area contributed by atoms with Gasteiger partial charge in [-0.1, -0.05) is 51.8 Å². The van der Waals surface area contributed by atoms with E-state index in [0.29, 0.717) is 16.4 Å². The Bertz CT molecular complexity index is 1320. The summed E-state index contributed by atoms with van der Waals surface area (Å²) in [4.78, 5) is 13.0. The van der Waals surface area contributed by atoms with E-state index < -0.39 is 0 Å². The molecule has 4 rings (SSSR count). The first-order valence-electron chi connectivity index (χ1n) is 9.65. The molecule has 0 saturated carbocycles. The molecular formula is C22H21BrN6OS. The summed E-state index contributed by atoms with van der Waals surface area (Å²) in [5, 5.41) is 14.6. The molecule has 7 nitrogen and oxygen atoms in total. The Balaban J connectivity index is 1.64. The molecule has 158 valence electrons. The molecule has 9 heteroatoms. The van der Waals surface area contributed by atoms with Crippen LogP contribution in [0.3, 0.4) is 0 Å². The van der Waals surface area contributed by atoms with Crippen molar-refractivity contribution >= 4 is 39.9 Å². The smallest absolute Gasteiger partial charge is 0.245 e. The molecule has 31 heavy (non-hydrogen) atoms. The van der Waals surface area contributed by atoms with Gasteiger partial charge in [0.15, 0.2) is 10.6 Å². The van der Waals surface area contributed by atoms with Gasteiger partial charge >= 0.3 is 0 Å². The summed E-state index contributed by atoms with van der Waals surface area (Å²) in [6.45, 7) is 3.97. The molecule has 0 spiro atoms. The molecule has 0 aliphatic rings. The summed E-state index contributed by atoms with van der Waals surface area (Å²) in [5.74, 6) is 1.04. The predicted octanol–water partition coefficient (Wildman–Crippen LogP) is 5.03. The molecule has 4 aromatic rings. The minimum atomic E-state index is -0.215. The molecule has 0 aliphatic heterocycles. The van der Waals surface area contributed by atoms with Crippen LogP contribution in [0.1, 0.15) is 11.3 Å². The fourth-order valence-electron chi connectivity index (χ4n) is 3.55. The number of halogens is 1. The van der Waals surface area contributed by atoms with Crippen molar-refractivity contribution in [2.75, 3.05) is 5.32 Å². The third-order valence-electron chi connectivity index (χ3n) is 4.95. The number of aryl methyl sites for hydroxylation is 3. The second kappa shape index (κ2) is 8.60. The fraction of sp³-hybridized carbons (Fsp3) is 0.182. The van der Waals surface area contributed by atoms with Gasteiger partial charge in [-0.3, -0.25) is 19.1 Å². The van der Waals surface area contributed by atoms with E-state index in [9.17, 15) is 4.79 Å². The highest BCUT2D eigenvalue weighted by molar-refractivity contribution is 9.10. The molecular weight excluding hydrogens is 476 g/mol. The van der Waals surface area contributed by atoms with E-state index >= 15 is 0 Å². The second-order valence-electron chi connectivity index (χ2n) is 7.30. The lowest BCUT2D eigenvalue weighted by Crippen LogP contribution is -2.21. The van der Waals surface area contributed by atoms with Gasteiger partial charge in [0.2, 0.25) is 5.91 Å². The SMILES string of the molecule is Cc1cccc(-c2n[nH]c(=S)n2CC(=O)Nc2c(-c3ccc(Br)cc3)c(C)nn2C)c1. The lowest BCUT2D eigenvalue weighted by Gasteiger charge is -2.11. The number of aromatic amines is 1. The number of aromatic nitrogens is 5. The van der Waals surface area contributed by atoms with Crippen molar-refractivity contribution in [1.29, 1.82) is 0 Å². The van der Waals surface area contributed by atoms with Crippen molar-refractivity contribution in [2.45, 2.75) is 20.4 Å². The van der Waals surface area contributed by atoms with Crippen LogP contribution in [0, 0.1) is 18.6 Å². The lowest BCUT2D eigenvalue weighted by molar-refractivity contribution is -0.116. The fourth-order valence-corrected chi connectivity index (χ4v) is 4.01. The van der Waals surface area contributed by atoms with Gasteiger partial charge in [-0.15, -0.1) is 0 Å².